The molecule has 0 bridgehead atoms. The number of rotatable bonds is 6. The Balaban J connectivity index is 1.41. The number of nitrogens with zero attached hydrogens (tertiary/aromatic N) is 4. The Labute approximate surface area is 191 Å². The van der Waals surface area contributed by atoms with E-state index >= 15 is 0 Å². The number of aryl methyl sites for hydroxylation is 2. The van der Waals surface area contributed by atoms with E-state index in [-0.39, 0.29) is 5.97 Å². The molecule has 8 nitrogen and oxygen atoms in total. The van der Waals surface area contributed by atoms with Crippen molar-refractivity contribution in [1.82, 2.24) is 25.6 Å². The predicted octanol–water partition coefficient (Wildman–Crippen LogP) is 4.12. The lowest BCUT2D eigenvalue weighted by Crippen LogP contribution is -2.14. The molecule has 0 atom stereocenters. The predicted molar refractivity (Wildman–Crippen MR) is 125 cm³/mol. The summed E-state index contributed by atoms with van der Waals surface area (Å²) in [6.45, 7) is 2.46. The number of tetrazole rings is 1. The molecule has 4 aromatic rings. The Hall–Kier alpha value is -4.07. The highest BCUT2D eigenvalue weighted by Crippen LogP contribution is 2.34. The number of hydrogen-bond donors (Lipinski definition) is 2. The van der Waals surface area contributed by atoms with Crippen LogP contribution in [0.2, 0.25) is 0 Å². The van der Waals surface area contributed by atoms with Crippen LogP contribution in [0.3, 0.4) is 0 Å². The van der Waals surface area contributed by atoms with E-state index in [0.29, 0.717) is 23.6 Å². The fourth-order valence-corrected chi connectivity index (χ4v) is 4.46. The number of carbonyl (C=O) groups is 1. The second kappa shape index (κ2) is 8.82. The van der Waals surface area contributed by atoms with Crippen molar-refractivity contribution in [2.75, 3.05) is 12.4 Å². The monoisotopic (exact) mass is 440 g/mol. The molecule has 166 valence electrons. The van der Waals surface area contributed by atoms with Gasteiger partial charge in [-0.05, 0) is 53.7 Å². The fourth-order valence-electron chi connectivity index (χ4n) is 4.46. The molecule has 0 saturated heterocycles. The smallest absolute Gasteiger partial charge is 0.341 e. The molecule has 0 spiro atoms. The van der Waals surface area contributed by atoms with E-state index in [0.717, 1.165) is 58.5 Å². The molecule has 5 rings (SSSR count). The van der Waals surface area contributed by atoms with Crippen LogP contribution in [0.5, 0.6) is 0 Å². The molecule has 2 aromatic heterocycles. The highest BCUT2D eigenvalue weighted by molar-refractivity contribution is 5.97. The van der Waals surface area contributed by atoms with Gasteiger partial charge in [0.05, 0.1) is 18.5 Å². The van der Waals surface area contributed by atoms with Gasteiger partial charge < -0.3 is 10.1 Å². The minimum Gasteiger partial charge on any atom is -0.465 e. The highest BCUT2D eigenvalue weighted by atomic mass is 16.5. The first kappa shape index (κ1) is 20.8. The standard InChI is InChI=1S/C25H24N6O2/c1-15-22(25(32)33-2)23(20-8-5-9-21(20)27-15)26-14-16-10-12-17(13-11-16)18-6-3-4-7-19(18)24-28-30-31-29-24/h3-4,6-7,10-13H,5,8-9,14H2,1-2H3,(H,26,27)(H,28,29,30,31). The number of fused-ring (bicyclic) bond motifs is 1. The molecule has 0 aliphatic heterocycles. The third-order valence-electron chi connectivity index (χ3n) is 6.04. The number of esters is 1. The maximum Gasteiger partial charge on any atom is 0.341 e. The first-order valence-electron chi connectivity index (χ1n) is 10.9. The van der Waals surface area contributed by atoms with E-state index in [9.17, 15) is 4.79 Å². The molecule has 2 N–H and O–H groups in total. The van der Waals surface area contributed by atoms with Gasteiger partial charge in [0.15, 0.2) is 0 Å². The van der Waals surface area contributed by atoms with Crippen LogP contribution in [0, 0.1) is 6.92 Å². The number of ether oxygens (including phenoxy) is 1. The summed E-state index contributed by atoms with van der Waals surface area (Å²) in [5.41, 5.74) is 8.43. The third-order valence-corrected chi connectivity index (χ3v) is 6.04. The SMILES string of the molecule is COC(=O)c1c(C)nc2c(c1NCc1ccc(-c3ccccc3-c3nn[nH]n3)cc1)CCC2. The zero-order valence-electron chi connectivity index (χ0n) is 18.6. The van der Waals surface area contributed by atoms with Crippen molar-refractivity contribution in [2.45, 2.75) is 32.7 Å². The number of pyridine rings is 1. The van der Waals surface area contributed by atoms with E-state index in [4.69, 9.17) is 4.74 Å². The van der Waals surface area contributed by atoms with Crippen LogP contribution in [0.25, 0.3) is 22.5 Å². The minimum atomic E-state index is -0.356. The van der Waals surface area contributed by atoms with Gasteiger partial charge in [-0.3, -0.25) is 4.98 Å². The quantitative estimate of drug-likeness (QED) is 0.434. The van der Waals surface area contributed by atoms with Gasteiger partial charge in [-0.1, -0.05) is 48.5 Å². The molecule has 0 unspecified atom stereocenters. The van der Waals surface area contributed by atoms with Gasteiger partial charge in [-0.25, -0.2) is 4.79 Å². The van der Waals surface area contributed by atoms with Gasteiger partial charge in [-0.2, -0.15) is 5.21 Å². The summed E-state index contributed by atoms with van der Waals surface area (Å²) in [4.78, 5) is 17.1. The number of carbonyl (C=O) groups excluding carboxylic acids is 1. The third kappa shape index (κ3) is 3.95. The number of anilines is 1. The maximum absolute atomic E-state index is 12.5. The first-order chi connectivity index (χ1) is 16.2. The number of methoxy groups -OCH3 is 1. The van der Waals surface area contributed by atoms with Gasteiger partial charge in [-0.15, -0.1) is 10.2 Å². The summed E-state index contributed by atoms with van der Waals surface area (Å²) in [6.07, 6.45) is 2.91. The number of aromatic nitrogens is 5. The fraction of sp³-hybridized carbons (Fsp3) is 0.240. The van der Waals surface area contributed by atoms with Crippen LogP contribution in [0.15, 0.2) is 48.5 Å². The lowest BCUT2D eigenvalue weighted by Gasteiger charge is -2.17. The molecular weight excluding hydrogens is 416 g/mol. The summed E-state index contributed by atoms with van der Waals surface area (Å²) < 4.78 is 5.04. The zero-order chi connectivity index (χ0) is 22.8. The molecule has 0 radical (unpaired) electrons. The largest absolute Gasteiger partial charge is 0.465 e. The zero-order valence-corrected chi connectivity index (χ0v) is 18.6. The van der Waals surface area contributed by atoms with Gasteiger partial charge in [0, 0.05) is 17.8 Å². The van der Waals surface area contributed by atoms with Gasteiger partial charge >= 0.3 is 5.97 Å². The average Bonchev–Trinajstić information content (AvgIpc) is 3.54. The minimum absolute atomic E-state index is 0.356. The molecule has 0 amide bonds. The summed E-state index contributed by atoms with van der Waals surface area (Å²) in [5, 5.41) is 17.9. The molecule has 1 aliphatic carbocycles. The molecule has 8 heteroatoms. The second-order valence-electron chi connectivity index (χ2n) is 8.05. The van der Waals surface area contributed by atoms with Crippen LogP contribution >= 0.6 is 0 Å². The topological polar surface area (TPSA) is 106 Å². The van der Waals surface area contributed by atoms with Crippen LogP contribution in [0.1, 0.15) is 39.3 Å². The second-order valence-corrected chi connectivity index (χ2v) is 8.05. The molecule has 0 saturated carbocycles. The number of H-pyrrole nitrogens is 1. The Morgan fingerprint density at radius 1 is 1.09 bits per heavy atom. The van der Waals surface area contributed by atoms with Crippen molar-refractivity contribution >= 4 is 11.7 Å². The van der Waals surface area contributed by atoms with E-state index in [2.05, 4.69) is 55.2 Å². The molecule has 33 heavy (non-hydrogen) atoms. The van der Waals surface area contributed by atoms with Crippen molar-refractivity contribution in [3.63, 3.8) is 0 Å². The van der Waals surface area contributed by atoms with Crippen LogP contribution < -0.4 is 5.32 Å². The molecule has 0 fully saturated rings. The maximum atomic E-state index is 12.5. The van der Waals surface area contributed by atoms with Crippen molar-refractivity contribution in [3.8, 4) is 22.5 Å². The Morgan fingerprint density at radius 2 is 1.88 bits per heavy atom. The Kier molecular flexibility index (Phi) is 5.56. The lowest BCUT2D eigenvalue weighted by molar-refractivity contribution is 0.0600. The number of nitrogens with one attached hydrogen (secondary N) is 2. The van der Waals surface area contributed by atoms with Gasteiger partial charge in [0.25, 0.3) is 0 Å². The summed E-state index contributed by atoms with van der Waals surface area (Å²) in [6, 6.07) is 16.3. The molecule has 2 aromatic carbocycles. The Bertz CT molecular complexity index is 1300. The van der Waals surface area contributed by atoms with E-state index < -0.39 is 0 Å². The van der Waals surface area contributed by atoms with Crippen molar-refractivity contribution < 1.29 is 9.53 Å². The summed E-state index contributed by atoms with van der Waals surface area (Å²) in [5.74, 6) is 0.208. The van der Waals surface area contributed by atoms with E-state index in [1.807, 2.05) is 31.2 Å². The van der Waals surface area contributed by atoms with Gasteiger partial charge in [0.1, 0.15) is 5.56 Å². The van der Waals surface area contributed by atoms with E-state index in [1.165, 1.54) is 7.11 Å². The van der Waals surface area contributed by atoms with Gasteiger partial charge in [0.2, 0.25) is 5.82 Å². The molecule has 1 aliphatic rings. The van der Waals surface area contributed by atoms with Crippen molar-refractivity contribution in [1.29, 1.82) is 0 Å². The van der Waals surface area contributed by atoms with E-state index in [1.54, 1.807) is 0 Å². The highest BCUT2D eigenvalue weighted by Gasteiger charge is 2.25. The summed E-state index contributed by atoms with van der Waals surface area (Å²) >= 11 is 0. The lowest BCUT2D eigenvalue weighted by atomic mass is 9.98. The van der Waals surface area contributed by atoms with Crippen molar-refractivity contribution in [2.24, 2.45) is 0 Å². The Morgan fingerprint density at radius 3 is 2.61 bits per heavy atom. The number of hydrogen-bond acceptors (Lipinski definition) is 7. The van der Waals surface area contributed by atoms with Crippen LogP contribution in [0.4, 0.5) is 5.69 Å². The van der Waals surface area contributed by atoms with Crippen LogP contribution in [-0.2, 0) is 24.1 Å². The average molecular weight is 441 g/mol. The summed E-state index contributed by atoms with van der Waals surface area (Å²) in [7, 11) is 1.41. The van der Waals surface area contributed by atoms with Crippen LogP contribution in [-0.4, -0.2) is 38.7 Å². The first-order valence-corrected chi connectivity index (χ1v) is 10.9. The molecule has 2 heterocycles. The van der Waals surface area contributed by atoms with Crippen molar-refractivity contribution in [3.05, 3.63) is 76.6 Å². The molecular formula is C25H24N6O2. The number of benzene rings is 2. The normalized spacial score (nSPS) is 12.4. The number of aromatic amines is 1.